The van der Waals surface area contributed by atoms with E-state index in [-0.39, 0.29) is 0 Å². The summed E-state index contributed by atoms with van der Waals surface area (Å²) in [6.45, 7) is 4.26. The Bertz CT molecular complexity index is 388. The van der Waals surface area contributed by atoms with Gasteiger partial charge in [-0.3, -0.25) is 4.90 Å². The molecule has 1 aliphatic heterocycles. The van der Waals surface area contributed by atoms with Crippen molar-refractivity contribution in [2.75, 3.05) is 20.4 Å². The van der Waals surface area contributed by atoms with Crippen LogP contribution in [0.4, 0.5) is 0 Å². The van der Waals surface area contributed by atoms with Gasteiger partial charge in [0.15, 0.2) is 11.5 Å². The smallest absolute Gasteiger partial charge is 0.231 e. The number of hydrogen-bond donors (Lipinski definition) is 0. The van der Waals surface area contributed by atoms with Gasteiger partial charge in [-0.05, 0) is 31.7 Å². The van der Waals surface area contributed by atoms with E-state index in [9.17, 15) is 0 Å². The van der Waals surface area contributed by atoms with Crippen molar-refractivity contribution in [2.45, 2.75) is 13.5 Å². The summed E-state index contributed by atoms with van der Waals surface area (Å²) in [5.41, 5.74) is 1.25. The third-order valence-electron chi connectivity index (χ3n) is 2.54. The highest BCUT2D eigenvalue weighted by molar-refractivity contribution is 5.44. The van der Waals surface area contributed by atoms with Crippen LogP contribution >= 0.6 is 0 Å². The predicted molar refractivity (Wildman–Crippen MR) is 63.7 cm³/mol. The third kappa shape index (κ3) is 2.55. The van der Waals surface area contributed by atoms with Crippen molar-refractivity contribution in [1.29, 1.82) is 0 Å². The molecule has 0 spiro atoms. The predicted octanol–water partition coefficient (Wildman–Crippen LogP) is 2.42. The van der Waals surface area contributed by atoms with Gasteiger partial charge in [-0.1, -0.05) is 18.2 Å². The molecule has 0 bridgehead atoms. The van der Waals surface area contributed by atoms with Crippen LogP contribution in [0.5, 0.6) is 11.5 Å². The Labute approximate surface area is 96.3 Å². The minimum Gasteiger partial charge on any atom is -0.454 e. The van der Waals surface area contributed by atoms with Gasteiger partial charge in [0, 0.05) is 13.1 Å². The first-order chi connectivity index (χ1) is 7.79. The van der Waals surface area contributed by atoms with Crippen molar-refractivity contribution in [3.63, 3.8) is 0 Å². The molecular weight excluding hydrogens is 202 g/mol. The molecule has 0 N–H and O–H groups in total. The van der Waals surface area contributed by atoms with Gasteiger partial charge in [0.1, 0.15) is 0 Å². The van der Waals surface area contributed by atoms with Crippen LogP contribution in [0.3, 0.4) is 0 Å². The van der Waals surface area contributed by atoms with Gasteiger partial charge in [-0.2, -0.15) is 0 Å². The fourth-order valence-corrected chi connectivity index (χ4v) is 1.70. The van der Waals surface area contributed by atoms with E-state index >= 15 is 0 Å². The van der Waals surface area contributed by atoms with Gasteiger partial charge in [0.25, 0.3) is 0 Å². The number of benzene rings is 1. The minimum absolute atomic E-state index is 0.340. The molecule has 1 aliphatic rings. The molecule has 0 unspecified atom stereocenters. The molecule has 0 saturated heterocycles. The fraction of sp³-hybridized carbons (Fsp3) is 0.385. The van der Waals surface area contributed by atoms with Crippen molar-refractivity contribution in [2.24, 2.45) is 0 Å². The van der Waals surface area contributed by atoms with Crippen molar-refractivity contribution >= 4 is 0 Å². The standard InChI is InChI=1S/C13H17NO2/c1-3-4-7-14(2)9-11-5-6-12-13(8-11)16-10-15-12/h3-6,8H,7,9-10H2,1-2H3/b4-3+. The number of fused-ring (bicyclic) bond motifs is 1. The lowest BCUT2D eigenvalue weighted by molar-refractivity contribution is 0.174. The topological polar surface area (TPSA) is 21.7 Å². The maximum absolute atomic E-state index is 5.35. The number of ether oxygens (including phenoxy) is 2. The molecular formula is C13H17NO2. The van der Waals surface area contributed by atoms with E-state index in [2.05, 4.69) is 36.2 Å². The Hall–Kier alpha value is -1.48. The number of rotatable bonds is 4. The van der Waals surface area contributed by atoms with Gasteiger partial charge in [0.2, 0.25) is 6.79 Å². The summed E-state index contributed by atoms with van der Waals surface area (Å²) < 4.78 is 10.6. The second-order valence-corrected chi connectivity index (χ2v) is 3.95. The summed E-state index contributed by atoms with van der Waals surface area (Å²) in [7, 11) is 2.10. The van der Waals surface area contributed by atoms with Crippen molar-refractivity contribution in [1.82, 2.24) is 4.90 Å². The van der Waals surface area contributed by atoms with E-state index < -0.39 is 0 Å². The average molecular weight is 219 g/mol. The lowest BCUT2D eigenvalue weighted by atomic mass is 10.2. The zero-order valence-corrected chi connectivity index (χ0v) is 9.77. The normalized spacial score (nSPS) is 13.9. The van der Waals surface area contributed by atoms with Crippen LogP contribution < -0.4 is 9.47 Å². The van der Waals surface area contributed by atoms with Gasteiger partial charge >= 0.3 is 0 Å². The maximum atomic E-state index is 5.35. The molecule has 0 atom stereocenters. The molecule has 86 valence electrons. The van der Waals surface area contributed by atoms with Crippen molar-refractivity contribution in [3.05, 3.63) is 35.9 Å². The average Bonchev–Trinajstić information content (AvgIpc) is 2.73. The largest absolute Gasteiger partial charge is 0.454 e. The van der Waals surface area contributed by atoms with E-state index in [4.69, 9.17) is 9.47 Å². The second kappa shape index (κ2) is 5.03. The second-order valence-electron chi connectivity index (χ2n) is 3.95. The lowest BCUT2D eigenvalue weighted by Gasteiger charge is -2.14. The molecule has 3 nitrogen and oxygen atoms in total. The van der Waals surface area contributed by atoms with Crippen LogP contribution in [0, 0.1) is 0 Å². The Morgan fingerprint density at radius 1 is 1.31 bits per heavy atom. The number of hydrogen-bond acceptors (Lipinski definition) is 3. The molecule has 16 heavy (non-hydrogen) atoms. The minimum atomic E-state index is 0.340. The first-order valence-corrected chi connectivity index (χ1v) is 5.48. The van der Waals surface area contributed by atoms with Crippen LogP contribution in [0.25, 0.3) is 0 Å². The molecule has 0 aliphatic carbocycles. The van der Waals surface area contributed by atoms with Gasteiger partial charge in [-0.15, -0.1) is 0 Å². The summed E-state index contributed by atoms with van der Waals surface area (Å²) in [4.78, 5) is 2.25. The highest BCUT2D eigenvalue weighted by Gasteiger charge is 2.13. The number of likely N-dealkylation sites (N-methyl/N-ethyl adjacent to an activating group) is 1. The molecule has 0 saturated carbocycles. The number of nitrogens with zero attached hydrogens (tertiary/aromatic N) is 1. The summed E-state index contributed by atoms with van der Waals surface area (Å²) in [5, 5.41) is 0. The SMILES string of the molecule is C/C=C/CN(C)Cc1ccc2c(c1)OCO2. The Kier molecular flexibility index (Phi) is 3.47. The van der Waals surface area contributed by atoms with E-state index in [1.54, 1.807) is 0 Å². The summed E-state index contributed by atoms with van der Waals surface area (Å²) >= 11 is 0. The zero-order chi connectivity index (χ0) is 11.4. The molecule has 1 heterocycles. The first kappa shape index (κ1) is 11.0. The van der Waals surface area contributed by atoms with Crippen molar-refractivity contribution < 1.29 is 9.47 Å². The maximum Gasteiger partial charge on any atom is 0.231 e. The molecule has 2 rings (SSSR count). The van der Waals surface area contributed by atoms with Gasteiger partial charge < -0.3 is 9.47 Å². The van der Waals surface area contributed by atoms with E-state index in [1.807, 2.05) is 13.0 Å². The zero-order valence-electron chi connectivity index (χ0n) is 9.77. The lowest BCUT2D eigenvalue weighted by Crippen LogP contribution is -2.17. The highest BCUT2D eigenvalue weighted by Crippen LogP contribution is 2.32. The van der Waals surface area contributed by atoms with E-state index in [0.29, 0.717) is 6.79 Å². The van der Waals surface area contributed by atoms with Gasteiger partial charge in [0.05, 0.1) is 0 Å². The molecule has 3 heteroatoms. The molecule has 1 aromatic rings. The Morgan fingerprint density at radius 2 is 2.12 bits per heavy atom. The summed E-state index contributed by atoms with van der Waals surface area (Å²) in [6, 6.07) is 6.11. The number of allylic oxidation sites excluding steroid dienone is 1. The fourth-order valence-electron chi connectivity index (χ4n) is 1.70. The molecule has 0 amide bonds. The van der Waals surface area contributed by atoms with Crippen LogP contribution in [0.2, 0.25) is 0 Å². The molecule has 0 aromatic heterocycles. The van der Waals surface area contributed by atoms with Crippen LogP contribution in [-0.4, -0.2) is 25.3 Å². The van der Waals surface area contributed by atoms with Gasteiger partial charge in [-0.25, -0.2) is 0 Å². The Morgan fingerprint density at radius 3 is 2.94 bits per heavy atom. The first-order valence-electron chi connectivity index (χ1n) is 5.48. The van der Waals surface area contributed by atoms with Crippen LogP contribution in [0.15, 0.2) is 30.4 Å². The van der Waals surface area contributed by atoms with E-state index in [1.165, 1.54) is 5.56 Å². The highest BCUT2D eigenvalue weighted by atomic mass is 16.7. The van der Waals surface area contributed by atoms with Crippen molar-refractivity contribution in [3.8, 4) is 11.5 Å². The summed E-state index contributed by atoms with van der Waals surface area (Å²) in [5.74, 6) is 1.71. The summed E-state index contributed by atoms with van der Waals surface area (Å²) in [6.07, 6.45) is 4.21. The monoisotopic (exact) mass is 219 g/mol. The Balaban J connectivity index is 1.99. The van der Waals surface area contributed by atoms with Crippen LogP contribution in [-0.2, 0) is 6.54 Å². The van der Waals surface area contributed by atoms with E-state index in [0.717, 1.165) is 24.6 Å². The molecule has 0 fully saturated rings. The third-order valence-corrected chi connectivity index (χ3v) is 2.54. The molecule has 1 aromatic carbocycles. The molecule has 0 radical (unpaired) electrons. The van der Waals surface area contributed by atoms with Crippen LogP contribution in [0.1, 0.15) is 12.5 Å². The quantitative estimate of drug-likeness (QED) is 0.726.